The van der Waals surface area contributed by atoms with Gasteiger partial charge in [-0.1, -0.05) is 22.0 Å². The molecule has 2 aromatic rings. The molecule has 2 aromatic carbocycles. The zero-order chi connectivity index (χ0) is 13.7. The molecule has 0 spiro atoms. The Kier molecular flexibility index (Phi) is 2.67. The van der Waals surface area contributed by atoms with E-state index in [1.807, 2.05) is 12.1 Å². The van der Waals surface area contributed by atoms with E-state index in [-0.39, 0.29) is 5.92 Å². The Morgan fingerprint density at radius 2 is 2.20 bits per heavy atom. The van der Waals surface area contributed by atoms with E-state index < -0.39 is 0 Å². The molecule has 0 amide bonds. The Labute approximate surface area is 125 Å². The fourth-order valence-corrected chi connectivity index (χ4v) is 3.78. The van der Waals surface area contributed by atoms with Gasteiger partial charge in [-0.3, -0.25) is 0 Å². The van der Waals surface area contributed by atoms with Crippen molar-refractivity contribution >= 4 is 21.6 Å². The average molecular weight is 332 g/mol. The van der Waals surface area contributed by atoms with E-state index in [2.05, 4.69) is 33.4 Å². The van der Waals surface area contributed by atoms with Crippen molar-refractivity contribution in [3.05, 3.63) is 51.5 Å². The smallest absolute Gasteiger partial charge is 0.126 e. The Balaban J connectivity index is 1.85. The maximum absolute atomic E-state index is 10.3. The van der Waals surface area contributed by atoms with Crippen LogP contribution in [0, 0.1) is 0 Å². The van der Waals surface area contributed by atoms with E-state index >= 15 is 0 Å². The molecule has 0 saturated carbocycles. The van der Waals surface area contributed by atoms with E-state index in [1.54, 1.807) is 6.07 Å². The second kappa shape index (κ2) is 4.42. The Bertz CT molecular complexity index is 699. The number of nitrogens with one attached hydrogen (secondary N) is 1. The highest BCUT2D eigenvalue weighted by molar-refractivity contribution is 9.10. The van der Waals surface area contributed by atoms with Crippen molar-refractivity contribution in [2.75, 3.05) is 18.5 Å². The lowest BCUT2D eigenvalue weighted by Gasteiger charge is -2.15. The lowest BCUT2D eigenvalue weighted by atomic mass is 9.91. The molecule has 0 saturated heterocycles. The molecule has 2 aliphatic rings. The molecular formula is C16H14BrNO2. The van der Waals surface area contributed by atoms with Gasteiger partial charge in [0.15, 0.2) is 0 Å². The van der Waals surface area contributed by atoms with Crippen LogP contribution in [-0.4, -0.2) is 18.3 Å². The van der Waals surface area contributed by atoms with Crippen LogP contribution in [0.2, 0.25) is 0 Å². The summed E-state index contributed by atoms with van der Waals surface area (Å²) in [7, 11) is 0. The van der Waals surface area contributed by atoms with Gasteiger partial charge in [0.1, 0.15) is 11.5 Å². The fraction of sp³-hybridized carbons (Fsp3) is 0.250. The van der Waals surface area contributed by atoms with Crippen molar-refractivity contribution in [3.63, 3.8) is 0 Å². The molecular weight excluding hydrogens is 318 g/mol. The maximum Gasteiger partial charge on any atom is 0.126 e. The first-order valence-electron chi connectivity index (χ1n) is 6.75. The largest absolute Gasteiger partial charge is 0.508 e. The highest BCUT2D eigenvalue weighted by atomic mass is 79.9. The van der Waals surface area contributed by atoms with E-state index in [4.69, 9.17) is 4.74 Å². The van der Waals surface area contributed by atoms with Crippen LogP contribution in [0.25, 0.3) is 0 Å². The molecule has 4 heteroatoms. The second-order valence-corrected chi connectivity index (χ2v) is 6.11. The molecule has 0 aromatic heterocycles. The summed E-state index contributed by atoms with van der Waals surface area (Å²) >= 11 is 3.63. The number of ether oxygens (including phenoxy) is 1. The summed E-state index contributed by atoms with van der Waals surface area (Å²) in [4.78, 5) is 0. The summed E-state index contributed by atoms with van der Waals surface area (Å²) in [5.74, 6) is 1.32. The van der Waals surface area contributed by atoms with Crippen LogP contribution in [0.3, 0.4) is 0 Å². The third-order valence-corrected chi connectivity index (χ3v) is 4.80. The van der Waals surface area contributed by atoms with Crippen LogP contribution in [-0.2, 0) is 6.42 Å². The van der Waals surface area contributed by atoms with Crippen molar-refractivity contribution in [2.24, 2.45) is 0 Å². The number of hydrogen-bond acceptors (Lipinski definition) is 3. The van der Waals surface area contributed by atoms with Gasteiger partial charge >= 0.3 is 0 Å². The van der Waals surface area contributed by atoms with Crippen molar-refractivity contribution in [2.45, 2.75) is 12.3 Å². The molecule has 1 unspecified atom stereocenters. The Morgan fingerprint density at radius 1 is 1.30 bits per heavy atom. The number of anilines is 1. The van der Waals surface area contributed by atoms with Gasteiger partial charge in [-0.15, -0.1) is 0 Å². The molecule has 0 radical (unpaired) electrons. The van der Waals surface area contributed by atoms with Crippen LogP contribution in [0.4, 0.5) is 5.69 Å². The summed E-state index contributed by atoms with van der Waals surface area (Å²) in [6, 6.07) is 10.00. The first kappa shape index (κ1) is 12.1. The number of phenolic OH excluding ortho intramolecular Hbond substituents is 1. The lowest BCUT2D eigenvalue weighted by Crippen LogP contribution is -2.05. The third kappa shape index (κ3) is 1.71. The average Bonchev–Trinajstić information content (AvgIpc) is 3.04. The van der Waals surface area contributed by atoms with Crippen LogP contribution >= 0.6 is 15.9 Å². The minimum absolute atomic E-state index is 0.173. The minimum atomic E-state index is 0.173. The molecule has 0 aliphatic carbocycles. The summed E-state index contributed by atoms with van der Waals surface area (Å²) in [5, 5.41) is 13.7. The molecule has 2 aliphatic heterocycles. The van der Waals surface area contributed by atoms with Gasteiger partial charge in [-0.05, 0) is 29.3 Å². The van der Waals surface area contributed by atoms with E-state index in [9.17, 15) is 5.11 Å². The standard InChI is InChI=1S/C16H14BrNO2/c17-12-2-1-3-13-16(12)11(8-18-13)10-6-9-4-5-20-15(9)7-14(10)19/h1-3,6-7,11,18-19H,4-5,8H2. The normalized spacial score (nSPS) is 19.1. The zero-order valence-electron chi connectivity index (χ0n) is 10.8. The van der Waals surface area contributed by atoms with Gasteiger partial charge in [0.2, 0.25) is 0 Å². The van der Waals surface area contributed by atoms with Gasteiger partial charge < -0.3 is 15.2 Å². The summed E-state index contributed by atoms with van der Waals surface area (Å²) < 4.78 is 6.59. The van der Waals surface area contributed by atoms with E-state index in [0.29, 0.717) is 12.4 Å². The number of hydrogen-bond donors (Lipinski definition) is 2. The predicted molar refractivity (Wildman–Crippen MR) is 81.8 cm³/mol. The minimum Gasteiger partial charge on any atom is -0.508 e. The monoisotopic (exact) mass is 331 g/mol. The lowest BCUT2D eigenvalue weighted by molar-refractivity contribution is 0.354. The predicted octanol–water partition coefficient (Wildman–Crippen LogP) is 3.65. The van der Waals surface area contributed by atoms with Gasteiger partial charge in [0, 0.05) is 40.7 Å². The molecule has 20 heavy (non-hydrogen) atoms. The molecule has 0 bridgehead atoms. The van der Waals surface area contributed by atoms with E-state index in [1.165, 1.54) is 11.1 Å². The maximum atomic E-state index is 10.3. The van der Waals surface area contributed by atoms with Crippen molar-refractivity contribution < 1.29 is 9.84 Å². The molecule has 2 N–H and O–H groups in total. The van der Waals surface area contributed by atoms with Crippen molar-refractivity contribution in [1.29, 1.82) is 0 Å². The third-order valence-electron chi connectivity index (χ3n) is 4.11. The Morgan fingerprint density at radius 3 is 3.10 bits per heavy atom. The summed E-state index contributed by atoms with van der Waals surface area (Å²) in [5.41, 5.74) is 4.54. The second-order valence-electron chi connectivity index (χ2n) is 5.25. The quantitative estimate of drug-likeness (QED) is 0.838. The number of benzene rings is 2. The number of fused-ring (bicyclic) bond motifs is 2. The first-order valence-corrected chi connectivity index (χ1v) is 7.54. The molecule has 3 nitrogen and oxygen atoms in total. The summed E-state index contributed by atoms with van der Waals surface area (Å²) in [6.45, 7) is 1.52. The highest BCUT2D eigenvalue weighted by Gasteiger charge is 2.29. The number of rotatable bonds is 1. The highest BCUT2D eigenvalue weighted by Crippen LogP contribution is 2.45. The van der Waals surface area contributed by atoms with E-state index in [0.717, 1.165) is 34.4 Å². The van der Waals surface area contributed by atoms with Gasteiger partial charge in [-0.25, -0.2) is 0 Å². The summed E-state index contributed by atoms with van der Waals surface area (Å²) in [6.07, 6.45) is 0.922. The molecule has 4 rings (SSSR count). The molecule has 2 heterocycles. The van der Waals surface area contributed by atoms with Gasteiger partial charge in [-0.2, -0.15) is 0 Å². The van der Waals surface area contributed by atoms with Gasteiger partial charge in [0.05, 0.1) is 6.61 Å². The van der Waals surface area contributed by atoms with Crippen LogP contribution < -0.4 is 10.1 Å². The topological polar surface area (TPSA) is 41.5 Å². The SMILES string of the molecule is Oc1cc2c(cc1C1CNc3cccc(Br)c31)CCO2. The first-order chi connectivity index (χ1) is 9.74. The van der Waals surface area contributed by atoms with Crippen LogP contribution in [0.15, 0.2) is 34.8 Å². The Hall–Kier alpha value is -1.68. The van der Waals surface area contributed by atoms with Crippen LogP contribution in [0.1, 0.15) is 22.6 Å². The van der Waals surface area contributed by atoms with Crippen LogP contribution in [0.5, 0.6) is 11.5 Å². The van der Waals surface area contributed by atoms with Gasteiger partial charge in [0.25, 0.3) is 0 Å². The van der Waals surface area contributed by atoms with Crippen molar-refractivity contribution in [3.8, 4) is 11.5 Å². The van der Waals surface area contributed by atoms with Crippen molar-refractivity contribution in [1.82, 2.24) is 0 Å². The molecule has 0 fully saturated rings. The number of halogens is 1. The molecule has 102 valence electrons. The number of phenols is 1. The zero-order valence-corrected chi connectivity index (χ0v) is 12.4. The number of aromatic hydroxyl groups is 1. The fourth-order valence-electron chi connectivity index (χ4n) is 3.14. The molecule has 1 atom stereocenters.